The van der Waals surface area contributed by atoms with Crippen LogP contribution < -0.4 is 5.32 Å². The minimum atomic E-state index is 0.613. The van der Waals surface area contributed by atoms with Crippen LogP contribution in [0.1, 0.15) is 26.7 Å². The second-order valence-electron chi connectivity index (χ2n) is 5.42. The Morgan fingerprint density at radius 2 is 0.680 bits per heavy atom. The molecule has 0 fully saturated rings. The van der Waals surface area contributed by atoms with Crippen molar-refractivity contribution < 1.29 is 28.4 Å². The van der Waals surface area contributed by atoms with E-state index < -0.39 is 0 Å². The molecule has 7 heteroatoms. The van der Waals surface area contributed by atoms with Gasteiger partial charge in [-0.25, -0.2) is 0 Å². The van der Waals surface area contributed by atoms with Crippen LogP contribution in [0.15, 0.2) is 0 Å². The van der Waals surface area contributed by atoms with E-state index in [0.717, 1.165) is 39.1 Å². The lowest BCUT2D eigenvalue weighted by Gasteiger charge is -2.08. The standard InChI is InChI=1S/C18H39NO6/c1-3-7-20-11-15-24-17-13-22-9-5-19-6-10-23-14-18-25-16-12-21-8-4-2/h19H,3-18H2,1-2H3. The first-order valence-electron chi connectivity index (χ1n) is 9.59. The van der Waals surface area contributed by atoms with E-state index in [9.17, 15) is 0 Å². The molecule has 7 nitrogen and oxygen atoms in total. The summed E-state index contributed by atoms with van der Waals surface area (Å²) in [5.74, 6) is 0. The molecule has 0 saturated carbocycles. The Morgan fingerprint density at radius 1 is 0.400 bits per heavy atom. The lowest BCUT2D eigenvalue weighted by atomic mass is 10.5. The average molecular weight is 366 g/mol. The number of nitrogens with one attached hydrogen (secondary N) is 1. The molecule has 1 N–H and O–H groups in total. The molecule has 0 aliphatic rings. The lowest BCUT2D eigenvalue weighted by molar-refractivity contribution is 0.0123. The van der Waals surface area contributed by atoms with Crippen molar-refractivity contribution in [2.24, 2.45) is 0 Å². The monoisotopic (exact) mass is 365 g/mol. The Labute approximate surface area is 153 Å². The van der Waals surface area contributed by atoms with Crippen molar-refractivity contribution in [1.82, 2.24) is 5.32 Å². The summed E-state index contributed by atoms with van der Waals surface area (Å²) in [6.45, 7) is 13.8. The number of hydrogen-bond acceptors (Lipinski definition) is 7. The van der Waals surface area contributed by atoms with Gasteiger partial charge in [0.25, 0.3) is 0 Å². The zero-order valence-corrected chi connectivity index (χ0v) is 16.3. The van der Waals surface area contributed by atoms with Crippen LogP contribution in [-0.2, 0) is 28.4 Å². The maximum Gasteiger partial charge on any atom is 0.0701 e. The molecule has 0 spiro atoms. The fraction of sp³-hybridized carbons (Fsp3) is 1.00. The van der Waals surface area contributed by atoms with E-state index >= 15 is 0 Å². The highest BCUT2D eigenvalue weighted by molar-refractivity contribution is 4.45. The molecule has 0 saturated heterocycles. The highest BCUT2D eigenvalue weighted by atomic mass is 16.5. The van der Waals surface area contributed by atoms with Crippen molar-refractivity contribution in [1.29, 1.82) is 0 Å². The zero-order valence-electron chi connectivity index (χ0n) is 16.3. The first-order valence-corrected chi connectivity index (χ1v) is 9.59. The third-order valence-corrected chi connectivity index (χ3v) is 3.03. The second kappa shape index (κ2) is 23.7. The molecule has 0 unspecified atom stereocenters. The van der Waals surface area contributed by atoms with Crippen molar-refractivity contribution in [3.63, 3.8) is 0 Å². The molecule has 0 rings (SSSR count). The van der Waals surface area contributed by atoms with Gasteiger partial charge in [-0.1, -0.05) is 13.8 Å². The molecule has 0 aromatic heterocycles. The summed E-state index contributed by atoms with van der Waals surface area (Å²) in [6, 6.07) is 0. The molecule has 25 heavy (non-hydrogen) atoms. The maximum absolute atomic E-state index is 5.46. The molecule has 0 atom stereocenters. The Bertz CT molecular complexity index is 212. The normalized spacial score (nSPS) is 11.3. The molecule has 0 aliphatic heterocycles. The molecular weight excluding hydrogens is 326 g/mol. The SMILES string of the molecule is CCCOCCOCCOCCNCCOCCOCCOCCC. The molecule has 0 aromatic rings. The maximum atomic E-state index is 5.46. The first kappa shape index (κ1) is 24.7. The van der Waals surface area contributed by atoms with Gasteiger partial charge in [0.1, 0.15) is 0 Å². The largest absolute Gasteiger partial charge is 0.379 e. The van der Waals surface area contributed by atoms with Crippen LogP contribution in [-0.4, -0.2) is 92.4 Å². The number of rotatable bonds is 22. The predicted octanol–water partition coefficient (Wildman–Crippen LogP) is 1.50. The van der Waals surface area contributed by atoms with Gasteiger partial charge < -0.3 is 33.7 Å². The molecule has 0 bridgehead atoms. The van der Waals surface area contributed by atoms with E-state index in [1.165, 1.54) is 0 Å². The number of hydrogen-bond donors (Lipinski definition) is 1. The molecule has 0 heterocycles. The minimum Gasteiger partial charge on any atom is -0.379 e. The predicted molar refractivity (Wildman–Crippen MR) is 98.4 cm³/mol. The van der Waals surface area contributed by atoms with Gasteiger partial charge in [-0.2, -0.15) is 0 Å². The summed E-state index contributed by atoms with van der Waals surface area (Å²) in [5.41, 5.74) is 0. The molecule has 152 valence electrons. The van der Waals surface area contributed by atoms with E-state index in [1.807, 2.05) is 0 Å². The topological polar surface area (TPSA) is 67.4 Å². The van der Waals surface area contributed by atoms with Gasteiger partial charge in [0.15, 0.2) is 0 Å². The van der Waals surface area contributed by atoms with Gasteiger partial charge in [-0.05, 0) is 12.8 Å². The lowest BCUT2D eigenvalue weighted by Crippen LogP contribution is -2.25. The Hall–Kier alpha value is -0.280. The van der Waals surface area contributed by atoms with Gasteiger partial charge in [0.2, 0.25) is 0 Å². The smallest absolute Gasteiger partial charge is 0.0701 e. The Balaban J connectivity index is 2.94. The van der Waals surface area contributed by atoms with E-state index in [-0.39, 0.29) is 0 Å². The van der Waals surface area contributed by atoms with Gasteiger partial charge in [0.05, 0.1) is 66.1 Å². The quantitative estimate of drug-likeness (QED) is 0.292. The third kappa shape index (κ3) is 23.7. The Kier molecular flexibility index (Phi) is 23.5. The minimum absolute atomic E-state index is 0.613. The zero-order chi connectivity index (χ0) is 18.3. The van der Waals surface area contributed by atoms with Crippen LogP contribution in [0.5, 0.6) is 0 Å². The van der Waals surface area contributed by atoms with Crippen LogP contribution >= 0.6 is 0 Å². The fourth-order valence-electron chi connectivity index (χ4n) is 1.79. The molecule has 0 radical (unpaired) electrons. The molecule has 0 amide bonds. The van der Waals surface area contributed by atoms with E-state index in [2.05, 4.69) is 19.2 Å². The van der Waals surface area contributed by atoms with Crippen LogP contribution in [0.2, 0.25) is 0 Å². The van der Waals surface area contributed by atoms with E-state index in [4.69, 9.17) is 28.4 Å². The van der Waals surface area contributed by atoms with E-state index in [1.54, 1.807) is 0 Å². The van der Waals surface area contributed by atoms with Gasteiger partial charge in [-0.3, -0.25) is 0 Å². The van der Waals surface area contributed by atoms with Gasteiger partial charge in [-0.15, -0.1) is 0 Å². The van der Waals surface area contributed by atoms with Crippen LogP contribution in [0.4, 0.5) is 0 Å². The Morgan fingerprint density at radius 3 is 1.00 bits per heavy atom. The summed E-state index contributed by atoms with van der Waals surface area (Å²) in [4.78, 5) is 0. The van der Waals surface area contributed by atoms with Crippen molar-refractivity contribution in [3.05, 3.63) is 0 Å². The highest BCUT2D eigenvalue weighted by Gasteiger charge is 1.93. The van der Waals surface area contributed by atoms with Crippen LogP contribution in [0.25, 0.3) is 0 Å². The van der Waals surface area contributed by atoms with Crippen LogP contribution in [0, 0.1) is 0 Å². The average Bonchev–Trinajstić information content (AvgIpc) is 2.63. The summed E-state index contributed by atoms with van der Waals surface area (Å²) >= 11 is 0. The summed E-state index contributed by atoms with van der Waals surface area (Å²) < 4.78 is 32.3. The summed E-state index contributed by atoms with van der Waals surface area (Å²) in [7, 11) is 0. The molecular formula is C18H39NO6. The van der Waals surface area contributed by atoms with Crippen molar-refractivity contribution >= 4 is 0 Å². The highest BCUT2D eigenvalue weighted by Crippen LogP contribution is 1.84. The van der Waals surface area contributed by atoms with Crippen molar-refractivity contribution in [3.8, 4) is 0 Å². The van der Waals surface area contributed by atoms with Crippen LogP contribution in [0.3, 0.4) is 0 Å². The summed E-state index contributed by atoms with van der Waals surface area (Å²) in [6.07, 6.45) is 2.09. The number of ether oxygens (including phenoxy) is 6. The first-order chi connectivity index (χ1) is 12.4. The third-order valence-electron chi connectivity index (χ3n) is 3.03. The van der Waals surface area contributed by atoms with Gasteiger partial charge >= 0.3 is 0 Å². The van der Waals surface area contributed by atoms with Crippen molar-refractivity contribution in [2.75, 3.05) is 92.4 Å². The molecule has 0 aliphatic carbocycles. The second-order valence-corrected chi connectivity index (χ2v) is 5.42. The summed E-state index contributed by atoms with van der Waals surface area (Å²) in [5, 5.41) is 3.26. The fourth-order valence-corrected chi connectivity index (χ4v) is 1.79. The van der Waals surface area contributed by atoms with Crippen molar-refractivity contribution in [2.45, 2.75) is 26.7 Å². The molecule has 0 aromatic carbocycles. The van der Waals surface area contributed by atoms with E-state index in [0.29, 0.717) is 66.1 Å². The van der Waals surface area contributed by atoms with Gasteiger partial charge in [0, 0.05) is 26.3 Å².